The van der Waals surface area contributed by atoms with Crippen molar-refractivity contribution in [3.8, 4) is 0 Å². The lowest BCUT2D eigenvalue weighted by molar-refractivity contribution is -0.135. The molecule has 0 unspecified atom stereocenters. The number of piperazine rings is 1. The molecule has 0 bridgehead atoms. The monoisotopic (exact) mass is 339 g/mol. The lowest BCUT2D eigenvalue weighted by Crippen LogP contribution is -2.59. The molecule has 1 aromatic heterocycles. The zero-order valence-corrected chi connectivity index (χ0v) is 14.0. The van der Waals surface area contributed by atoms with Crippen LogP contribution in [0, 0.1) is 0 Å². The fourth-order valence-electron chi connectivity index (χ4n) is 3.64. The van der Waals surface area contributed by atoms with Crippen LogP contribution >= 0.6 is 0 Å². The number of hydrogen-bond donors (Lipinski definition) is 1. The molecule has 7 nitrogen and oxygen atoms in total. The zero-order valence-electron chi connectivity index (χ0n) is 14.0. The Morgan fingerprint density at radius 3 is 2.72 bits per heavy atom. The van der Waals surface area contributed by atoms with Crippen LogP contribution in [-0.4, -0.2) is 70.3 Å². The van der Waals surface area contributed by atoms with Crippen molar-refractivity contribution in [2.75, 3.05) is 32.7 Å². The van der Waals surface area contributed by atoms with E-state index in [0.717, 1.165) is 25.9 Å². The van der Waals surface area contributed by atoms with Gasteiger partial charge < -0.3 is 15.1 Å². The summed E-state index contributed by atoms with van der Waals surface area (Å²) in [6.45, 7) is 3.28. The summed E-state index contributed by atoms with van der Waals surface area (Å²) in [5, 5.41) is 3.24. The van der Waals surface area contributed by atoms with Crippen molar-refractivity contribution in [1.29, 1.82) is 0 Å². The zero-order chi connectivity index (χ0) is 17.2. The number of nitrogens with one attached hydrogen (secondary N) is 1. The minimum absolute atomic E-state index is 0.0457. The Bertz CT molecular complexity index is 798. The third-order valence-corrected chi connectivity index (χ3v) is 4.94. The van der Waals surface area contributed by atoms with Crippen LogP contribution in [0.2, 0.25) is 0 Å². The van der Waals surface area contributed by atoms with E-state index < -0.39 is 6.04 Å². The second-order valence-corrected chi connectivity index (χ2v) is 6.48. The lowest BCUT2D eigenvalue weighted by atomic mass is 10.1. The molecule has 1 aromatic carbocycles. The van der Waals surface area contributed by atoms with Gasteiger partial charge in [0.1, 0.15) is 11.6 Å². The van der Waals surface area contributed by atoms with Crippen LogP contribution in [0.5, 0.6) is 0 Å². The molecule has 0 spiro atoms. The average molecular weight is 339 g/mol. The average Bonchev–Trinajstić information content (AvgIpc) is 3.21. The van der Waals surface area contributed by atoms with Gasteiger partial charge in [0.25, 0.3) is 5.91 Å². The van der Waals surface area contributed by atoms with Crippen LogP contribution in [-0.2, 0) is 4.79 Å². The van der Waals surface area contributed by atoms with Gasteiger partial charge in [0, 0.05) is 45.1 Å². The molecule has 4 rings (SSSR count). The highest BCUT2D eigenvalue weighted by Gasteiger charge is 2.36. The molecule has 0 aliphatic carbocycles. The Morgan fingerprint density at radius 1 is 1.08 bits per heavy atom. The molecular formula is C18H21N5O2. The second-order valence-electron chi connectivity index (χ2n) is 6.48. The Kier molecular flexibility index (Phi) is 4.31. The van der Waals surface area contributed by atoms with E-state index in [1.54, 1.807) is 23.4 Å². The fourth-order valence-corrected chi connectivity index (χ4v) is 3.64. The normalized spacial score (nSPS) is 20.9. The number of nitrogens with zero attached hydrogens (tertiary/aromatic N) is 4. The Hall–Kier alpha value is -2.54. The van der Waals surface area contributed by atoms with E-state index >= 15 is 0 Å². The number of aromatic nitrogens is 2. The molecule has 130 valence electrons. The molecule has 1 atom stereocenters. The molecule has 2 aliphatic heterocycles. The summed E-state index contributed by atoms with van der Waals surface area (Å²) in [4.78, 5) is 38.2. The van der Waals surface area contributed by atoms with Crippen molar-refractivity contribution < 1.29 is 9.59 Å². The van der Waals surface area contributed by atoms with Crippen molar-refractivity contribution in [3.05, 3.63) is 36.2 Å². The highest BCUT2D eigenvalue weighted by atomic mass is 16.2. The molecule has 0 saturated carbocycles. The Morgan fingerprint density at radius 2 is 1.88 bits per heavy atom. The highest BCUT2D eigenvalue weighted by molar-refractivity contribution is 6.06. The van der Waals surface area contributed by atoms with Crippen molar-refractivity contribution >= 4 is 22.8 Å². The van der Waals surface area contributed by atoms with Crippen LogP contribution in [0.3, 0.4) is 0 Å². The predicted molar refractivity (Wildman–Crippen MR) is 93.0 cm³/mol. The number of likely N-dealkylation sites (tertiary alicyclic amines) is 1. The standard InChI is InChI=1S/C18H21N5O2/c24-17(13-4-3-5-14-16(13)21-7-6-20-14)23-11-8-19-12-15(23)18(25)22-9-1-2-10-22/h3-7,15,19H,1-2,8-12H2/t15-/m0/s1. The van der Waals surface area contributed by atoms with E-state index in [-0.39, 0.29) is 11.8 Å². The van der Waals surface area contributed by atoms with Gasteiger partial charge in [-0.15, -0.1) is 0 Å². The smallest absolute Gasteiger partial charge is 0.256 e. The van der Waals surface area contributed by atoms with Gasteiger partial charge >= 0.3 is 0 Å². The summed E-state index contributed by atoms with van der Waals surface area (Å²) < 4.78 is 0. The summed E-state index contributed by atoms with van der Waals surface area (Å²) in [5.41, 5.74) is 1.78. The summed E-state index contributed by atoms with van der Waals surface area (Å²) >= 11 is 0. The third-order valence-electron chi connectivity index (χ3n) is 4.94. The van der Waals surface area contributed by atoms with Crippen LogP contribution in [0.1, 0.15) is 23.2 Å². The van der Waals surface area contributed by atoms with Gasteiger partial charge in [-0.3, -0.25) is 19.6 Å². The Labute approximate surface area is 146 Å². The predicted octanol–water partition coefficient (Wildman–Crippen LogP) is 0.666. The SMILES string of the molecule is O=C([C@@H]1CNCCN1C(=O)c1cccc2nccnc12)N1CCCC1. The maximum absolute atomic E-state index is 13.2. The first-order valence-electron chi connectivity index (χ1n) is 8.76. The molecule has 25 heavy (non-hydrogen) atoms. The summed E-state index contributed by atoms with van der Waals surface area (Å²) in [7, 11) is 0. The molecule has 2 saturated heterocycles. The van der Waals surface area contributed by atoms with Crippen molar-refractivity contribution in [2.45, 2.75) is 18.9 Å². The van der Waals surface area contributed by atoms with E-state index in [4.69, 9.17) is 0 Å². The first kappa shape index (κ1) is 16.0. The minimum atomic E-state index is -0.453. The molecule has 3 heterocycles. The first-order valence-corrected chi connectivity index (χ1v) is 8.76. The molecule has 2 aliphatic rings. The van der Waals surface area contributed by atoms with Gasteiger partial charge in [0.2, 0.25) is 5.91 Å². The lowest BCUT2D eigenvalue weighted by Gasteiger charge is -2.37. The van der Waals surface area contributed by atoms with E-state index in [2.05, 4.69) is 15.3 Å². The second kappa shape index (κ2) is 6.76. The molecule has 0 radical (unpaired) electrons. The molecule has 7 heteroatoms. The summed E-state index contributed by atoms with van der Waals surface area (Å²) in [6, 6.07) is 4.96. The van der Waals surface area contributed by atoms with Gasteiger partial charge in [-0.1, -0.05) is 6.07 Å². The van der Waals surface area contributed by atoms with E-state index in [1.165, 1.54) is 0 Å². The van der Waals surface area contributed by atoms with Gasteiger partial charge in [-0.05, 0) is 25.0 Å². The maximum Gasteiger partial charge on any atom is 0.256 e. The first-order chi connectivity index (χ1) is 12.3. The molecule has 2 aromatic rings. The van der Waals surface area contributed by atoms with E-state index in [0.29, 0.717) is 36.2 Å². The molecule has 2 fully saturated rings. The van der Waals surface area contributed by atoms with Gasteiger partial charge in [0.15, 0.2) is 0 Å². The fraction of sp³-hybridized carbons (Fsp3) is 0.444. The van der Waals surface area contributed by atoms with Gasteiger partial charge in [-0.2, -0.15) is 0 Å². The number of carbonyl (C=O) groups excluding carboxylic acids is 2. The van der Waals surface area contributed by atoms with Crippen molar-refractivity contribution in [3.63, 3.8) is 0 Å². The van der Waals surface area contributed by atoms with E-state index in [9.17, 15) is 9.59 Å². The number of amides is 2. The number of para-hydroxylation sites is 1. The molecular weight excluding hydrogens is 318 g/mol. The summed E-state index contributed by atoms with van der Waals surface area (Å²) in [5.74, 6) is -0.102. The Balaban J connectivity index is 1.65. The van der Waals surface area contributed by atoms with Crippen LogP contribution in [0.15, 0.2) is 30.6 Å². The minimum Gasteiger partial charge on any atom is -0.341 e. The van der Waals surface area contributed by atoms with Crippen LogP contribution in [0.4, 0.5) is 0 Å². The van der Waals surface area contributed by atoms with Gasteiger partial charge in [-0.25, -0.2) is 0 Å². The van der Waals surface area contributed by atoms with Crippen molar-refractivity contribution in [2.24, 2.45) is 0 Å². The number of carbonyl (C=O) groups is 2. The quantitative estimate of drug-likeness (QED) is 0.870. The van der Waals surface area contributed by atoms with Crippen LogP contribution < -0.4 is 5.32 Å². The third kappa shape index (κ3) is 2.95. The molecule has 1 N–H and O–H groups in total. The van der Waals surface area contributed by atoms with E-state index in [1.807, 2.05) is 17.0 Å². The van der Waals surface area contributed by atoms with Crippen molar-refractivity contribution in [1.82, 2.24) is 25.1 Å². The van der Waals surface area contributed by atoms with Gasteiger partial charge in [0.05, 0.1) is 11.1 Å². The highest BCUT2D eigenvalue weighted by Crippen LogP contribution is 2.20. The maximum atomic E-state index is 13.2. The number of rotatable bonds is 2. The number of fused-ring (bicyclic) bond motifs is 1. The largest absolute Gasteiger partial charge is 0.341 e. The number of hydrogen-bond acceptors (Lipinski definition) is 5. The number of benzene rings is 1. The summed E-state index contributed by atoms with van der Waals surface area (Å²) in [6.07, 6.45) is 5.28. The van der Waals surface area contributed by atoms with Crippen LogP contribution in [0.25, 0.3) is 11.0 Å². The topological polar surface area (TPSA) is 78.4 Å². The molecule has 2 amide bonds.